The molecule has 0 saturated carbocycles. The molecule has 0 fully saturated rings. The van der Waals surface area contributed by atoms with Crippen molar-refractivity contribution in [1.29, 1.82) is 0 Å². The molecule has 4 heteroatoms. The van der Waals surface area contributed by atoms with Crippen LogP contribution in [0, 0.1) is 13.8 Å². The van der Waals surface area contributed by atoms with E-state index in [0.717, 1.165) is 28.2 Å². The van der Waals surface area contributed by atoms with Crippen LogP contribution in [0.5, 0.6) is 0 Å². The van der Waals surface area contributed by atoms with Crippen LogP contribution >= 0.6 is 0 Å². The quantitative estimate of drug-likeness (QED) is 0.867. The van der Waals surface area contributed by atoms with Crippen LogP contribution in [0.15, 0.2) is 41.6 Å². The number of oxime groups is 1. The van der Waals surface area contributed by atoms with Gasteiger partial charge in [-0.3, -0.25) is 9.78 Å². The van der Waals surface area contributed by atoms with Gasteiger partial charge in [-0.2, -0.15) is 0 Å². The van der Waals surface area contributed by atoms with Gasteiger partial charge in [0.15, 0.2) is 6.10 Å². The maximum atomic E-state index is 10.6. The molecule has 3 rings (SSSR count). The Balaban J connectivity index is 1.78. The van der Waals surface area contributed by atoms with E-state index in [0.29, 0.717) is 12.0 Å². The summed E-state index contributed by atoms with van der Waals surface area (Å²) >= 11 is 0. The number of carbonyl (C=O) groups excluding carboxylic acids is 1. The van der Waals surface area contributed by atoms with E-state index in [1.165, 1.54) is 0 Å². The lowest BCUT2D eigenvalue weighted by Gasteiger charge is -2.08. The fourth-order valence-electron chi connectivity index (χ4n) is 2.49. The van der Waals surface area contributed by atoms with Gasteiger partial charge >= 0.3 is 0 Å². The first kappa shape index (κ1) is 13.5. The number of nitrogens with zero attached hydrogens (tertiary/aromatic N) is 2. The van der Waals surface area contributed by atoms with Gasteiger partial charge in [0.1, 0.15) is 0 Å². The summed E-state index contributed by atoms with van der Waals surface area (Å²) in [6.07, 6.45) is 2.48. The van der Waals surface area contributed by atoms with Crippen molar-refractivity contribution in [2.75, 3.05) is 0 Å². The molecule has 4 nitrogen and oxygen atoms in total. The molecule has 1 aromatic heterocycles. The molecule has 0 bridgehead atoms. The smallest absolute Gasteiger partial charge is 0.233 e. The molecule has 0 saturated heterocycles. The van der Waals surface area contributed by atoms with Crippen molar-refractivity contribution >= 4 is 12.0 Å². The minimum atomic E-state index is -0.102. The highest BCUT2D eigenvalue weighted by atomic mass is 16.6. The van der Waals surface area contributed by atoms with E-state index in [1.54, 1.807) is 12.1 Å². The average Bonchev–Trinajstić information content (AvgIpc) is 2.96. The van der Waals surface area contributed by atoms with Crippen LogP contribution in [0.3, 0.4) is 0 Å². The molecule has 1 aromatic carbocycles. The molecule has 2 aromatic rings. The number of aromatic nitrogens is 1. The summed E-state index contributed by atoms with van der Waals surface area (Å²) in [5, 5.41) is 4.20. The van der Waals surface area contributed by atoms with Crippen molar-refractivity contribution in [3.05, 3.63) is 64.5 Å². The second-order valence-electron chi connectivity index (χ2n) is 5.20. The highest BCUT2D eigenvalue weighted by Gasteiger charge is 2.24. The molecule has 2 heterocycles. The van der Waals surface area contributed by atoms with Crippen LogP contribution in [0.4, 0.5) is 0 Å². The molecule has 1 radical (unpaired) electrons. The van der Waals surface area contributed by atoms with Crippen molar-refractivity contribution in [3.8, 4) is 0 Å². The van der Waals surface area contributed by atoms with E-state index in [9.17, 15) is 4.79 Å². The zero-order valence-corrected chi connectivity index (χ0v) is 12.0. The second-order valence-corrected chi connectivity index (χ2v) is 5.20. The van der Waals surface area contributed by atoms with E-state index >= 15 is 0 Å². The van der Waals surface area contributed by atoms with E-state index in [1.807, 2.05) is 44.4 Å². The summed E-state index contributed by atoms with van der Waals surface area (Å²) in [6, 6.07) is 11.3. The van der Waals surface area contributed by atoms with Gasteiger partial charge in [-0.15, -0.1) is 0 Å². The zero-order chi connectivity index (χ0) is 14.8. The van der Waals surface area contributed by atoms with Crippen LogP contribution in [-0.2, 0) is 9.63 Å². The maximum Gasteiger partial charge on any atom is 0.233 e. The lowest BCUT2D eigenvalue weighted by Crippen LogP contribution is -2.03. The maximum absolute atomic E-state index is 10.6. The first-order chi connectivity index (χ1) is 10.2. The lowest BCUT2D eigenvalue weighted by molar-refractivity contribution is 0.0857. The second kappa shape index (κ2) is 5.48. The van der Waals surface area contributed by atoms with Crippen molar-refractivity contribution in [3.63, 3.8) is 0 Å². The summed E-state index contributed by atoms with van der Waals surface area (Å²) in [7, 11) is 0. The van der Waals surface area contributed by atoms with E-state index in [-0.39, 0.29) is 6.10 Å². The van der Waals surface area contributed by atoms with Crippen molar-refractivity contribution < 1.29 is 9.63 Å². The molecule has 1 atom stereocenters. The molecular formula is C17H15N2O2. The molecule has 1 unspecified atom stereocenters. The van der Waals surface area contributed by atoms with Gasteiger partial charge in [0.25, 0.3) is 0 Å². The Morgan fingerprint density at radius 1 is 1.14 bits per heavy atom. The standard InChI is InChI=1S/C17H15N2O2/c1-11-7-15(8-12(2)18-11)16-9-17(21-19-16)14-5-3-13(10-20)4-6-14/h3-8,17H,9H2,1-2H3. The Hall–Kier alpha value is -2.49. The van der Waals surface area contributed by atoms with Crippen molar-refractivity contribution in [2.24, 2.45) is 5.16 Å². The summed E-state index contributed by atoms with van der Waals surface area (Å²) in [4.78, 5) is 20.5. The number of hydrogen-bond donors (Lipinski definition) is 0. The van der Waals surface area contributed by atoms with Gasteiger partial charge in [-0.05, 0) is 31.5 Å². The summed E-state index contributed by atoms with van der Waals surface area (Å²) in [5.74, 6) is 0. The first-order valence-electron chi connectivity index (χ1n) is 6.82. The zero-order valence-electron chi connectivity index (χ0n) is 12.0. The van der Waals surface area contributed by atoms with Crippen LogP contribution in [-0.4, -0.2) is 17.0 Å². The van der Waals surface area contributed by atoms with Gasteiger partial charge in [-0.25, -0.2) is 0 Å². The molecule has 1 aliphatic rings. The predicted molar refractivity (Wildman–Crippen MR) is 79.9 cm³/mol. The molecule has 0 N–H and O–H groups in total. The monoisotopic (exact) mass is 279 g/mol. The third-order valence-electron chi connectivity index (χ3n) is 3.48. The SMILES string of the molecule is Cc1cc(C2=NOC(c3ccc([C]=O)cc3)C2)cc(C)n1. The van der Waals surface area contributed by atoms with E-state index in [2.05, 4.69) is 10.1 Å². The Morgan fingerprint density at radius 2 is 1.81 bits per heavy atom. The lowest BCUT2D eigenvalue weighted by atomic mass is 9.99. The highest BCUT2D eigenvalue weighted by molar-refractivity contribution is 6.01. The average molecular weight is 279 g/mol. The number of pyridine rings is 1. The fraction of sp³-hybridized carbons (Fsp3) is 0.235. The molecule has 0 amide bonds. The molecule has 21 heavy (non-hydrogen) atoms. The third kappa shape index (κ3) is 2.84. The Kier molecular flexibility index (Phi) is 3.52. The number of aryl methyl sites for hydroxylation is 2. The van der Waals surface area contributed by atoms with Crippen molar-refractivity contribution in [2.45, 2.75) is 26.4 Å². The fourth-order valence-corrected chi connectivity index (χ4v) is 2.49. The first-order valence-corrected chi connectivity index (χ1v) is 6.82. The number of benzene rings is 1. The minimum absolute atomic E-state index is 0.102. The van der Waals surface area contributed by atoms with Crippen LogP contribution < -0.4 is 0 Å². The minimum Gasteiger partial charge on any atom is -0.387 e. The summed E-state index contributed by atoms with van der Waals surface area (Å²) < 4.78 is 0. The number of rotatable bonds is 3. The van der Waals surface area contributed by atoms with Gasteiger partial charge in [0.05, 0.1) is 5.71 Å². The van der Waals surface area contributed by atoms with Gasteiger partial charge in [-0.1, -0.05) is 29.4 Å². The molecule has 0 aliphatic carbocycles. The van der Waals surface area contributed by atoms with Crippen LogP contribution in [0.1, 0.15) is 40.6 Å². The summed E-state index contributed by atoms with van der Waals surface area (Å²) in [5.41, 5.74) is 5.48. The topological polar surface area (TPSA) is 51.5 Å². The largest absolute Gasteiger partial charge is 0.387 e. The van der Waals surface area contributed by atoms with Gasteiger partial charge < -0.3 is 4.84 Å². The Morgan fingerprint density at radius 3 is 2.43 bits per heavy atom. The van der Waals surface area contributed by atoms with Gasteiger partial charge in [0.2, 0.25) is 6.29 Å². The molecule has 0 spiro atoms. The predicted octanol–water partition coefficient (Wildman–Crippen LogP) is 3.02. The molecule has 105 valence electrons. The van der Waals surface area contributed by atoms with Crippen LogP contribution in [0.25, 0.3) is 0 Å². The van der Waals surface area contributed by atoms with Crippen LogP contribution in [0.2, 0.25) is 0 Å². The normalized spacial score (nSPS) is 17.2. The number of hydrogen-bond acceptors (Lipinski definition) is 4. The van der Waals surface area contributed by atoms with Crippen molar-refractivity contribution in [1.82, 2.24) is 4.98 Å². The van der Waals surface area contributed by atoms with E-state index < -0.39 is 0 Å². The molecular weight excluding hydrogens is 264 g/mol. The van der Waals surface area contributed by atoms with E-state index in [4.69, 9.17) is 4.84 Å². The summed E-state index contributed by atoms with van der Waals surface area (Å²) in [6.45, 7) is 3.94. The van der Waals surface area contributed by atoms with Gasteiger partial charge in [0, 0.05) is 28.9 Å². The third-order valence-corrected chi connectivity index (χ3v) is 3.48. The molecule has 1 aliphatic heterocycles. The Labute approximate surface area is 123 Å². The highest BCUT2D eigenvalue weighted by Crippen LogP contribution is 2.29. The Bertz CT molecular complexity index is 685.